The van der Waals surface area contributed by atoms with Crippen LogP contribution in [0.2, 0.25) is 0 Å². The van der Waals surface area contributed by atoms with Crippen LogP contribution >= 0.6 is 11.6 Å². The first-order chi connectivity index (χ1) is 12.2. The average molecular weight is 369 g/mol. The van der Waals surface area contributed by atoms with E-state index in [1.165, 1.54) is 0 Å². The van der Waals surface area contributed by atoms with Crippen LogP contribution in [-0.4, -0.2) is 31.5 Å². The molecular formula is C19H25ClO5. The van der Waals surface area contributed by atoms with E-state index in [2.05, 4.69) is 0 Å². The number of carbonyl (C=O) groups excluding carboxylic acids is 2. The number of halogens is 1. The van der Waals surface area contributed by atoms with Crippen molar-refractivity contribution in [2.75, 3.05) is 19.6 Å². The number of unbranched alkanes of at least 4 members (excludes halogenated alkanes) is 5. The van der Waals surface area contributed by atoms with E-state index in [0.717, 1.165) is 50.7 Å². The van der Waals surface area contributed by atoms with Crippen molar-refractivity contribution in [1.29, 1.82) is 0 Å². The molecule has 0 spiro atoms. The Hall–Kier alpha value is -2.01. The van der Waals surface area contributed by atoms with Crippen molar-refractivity contribution in [3.05, 3.63) is 36.4 Å². The van der Waals surface area contributed by atoms with Gasteiger partial charge in [-0.2, -0.15) is 0 Å². The van der Waals surface area contributed by atoms with Crippen LogP contribution in [0.4, 0.5) is 0 Å². The number of ether oxygens (including phenoxy) is 3. The van der Waals surface area contributed by atoms with Crippen LogP contribution < -0.4 is 9.47 Å². The molecule has 0 amide bonds. The molecule has 0 aliphatic rings. The smallest absolute Gasteiger partial charge is 0.336 e. The zero-order chi connectivity index (χ0) is 18.3. The third-order valence-electron chi connectivity index (χ3n) is 3.41. The minimum Gasteiger partial charge on any atom is -0.497 e. The van der Waals surface area contributed by atoms with E-state index < -0.39 is 11.9 Å². The van der Waals surface area contributed by atoms with E-state index in [0.29, 0.717) is 24.0 Å². The lowest BCUT2D eigenvalue weighted by atomic mass is 10.1. The minimum absolute atomic E-state index is 0.353. The summed E-state index contributed by atoms with van der Waals surface area (Å²) in [5.41, 5.74) is 0. The normalized spacial score (nSPS) is 10.6. The van der Waals surface area contributed by atoms with Crippen molar-refractivity contribution >= 4 is 23.5 Å². The minimum atomic E-state index is -0.638. The summed E-state index contributed by atoms with van der Waals surface area (Å²) in [5.74, 6) is 0.566. The lowest BCUT2D eigenvalue weighted by Gasteiger charge is -2.03. The molecule has 25 heavy (non-hydrogen) atoms. The Balaban J connectivity index is 2.14. The number of benzene rings is 1. The van der Waals surface area contributed by atoms with E-state index in [4.69, 9.17) is 25.8 Å². The molecule has 0 aliphatic heterocycles. The Labute approximate surface area is 153 Å². The molecule has 0 heterocycles. The van der Waals surface area contributed by atoms with Crippen LogP contribution in [0, 0.1) is 0 Å². The molecule has 0 fully saturated rings. The quantitative estimate of drug-likeness (QED) is 0.181. The fourth-order valence-corrected chi connectivity index (χ4v) is 2.24. The van der Waals surface area contributed by atoms with Gasteiger partial charge in [0.05, 0.1) is 13.7 Å². The van der Waals surface area contributed by atoms with Gasteiger partial charge in [0.2, 0.25) is 0 Å². The maximum absolute atomic E-state index is 11.6. The molecule has 138 valence electrons. The topological polar surface area (TPSA) is 61.8 Å². The van der Waals surface area contributed by atoms with Gasteiger partial charge in [0, 0.05) is 18.0 Å². The van der Waals surface area contributed by atoms with Gasteiger partial charge in [-0.05, 0) is 37.1 Å². The molecule has 0 radical (unpaired) electrons. The van der Waals surface area contributed by atoms with Gasteiger partial charge < -0.3 is 14.2 Å². The number of carbonyl (C=O) groups is 2. The van der Waals surface area contributed by atoms with Gasteiger partial charge in [0.15, 0.2) is 0 Å². The molecule has 0 atom stereocenters. The molecule has 0 saturated carbocycles. The number of alkyl halides is 1. The van der Waals surface area contributed by atoms with Gasteiger partial charge in [-0.3, -0.25) is 0 Å². The molecule has 1 aromatic carbocycles. The van der Waals surface area contributed by atoms with E-state index in [9.17, 15) is 9.59 Å². The highest BCUT2D eigenvalue weighted by Gasteiger charge is 2.03. The fraction of sp³-hybridized carbons (Fsp3) is 0.474. The second-order valence-corrected chi connectivity index (χ2v) is 5.79. The summed E-state index contributed by atoms with van der Waals surface area (Å²) in [6.45, 7) is 0.353. The van der Waals surface area contributed by atoms with Crippen molar-refractivity contribution in [2.24, 2.45) is 0 Å². The first kappa shape index (κ1) is 21.0. The summed E-state index contributed by atoms with van der Waals surface area (Å²) >= 11 is 5.61. The van der Waals surface area contributed by atoms with Crippen LogP contribution in [0.15, 0.2) is 36.4 Å². The van der Waals surface area contributed by atoms with E-state index in [-0.39, 0.29) is 0 Å². The van der Waals surface area contributed by atoms with Crippen LogP contribution in [0.1, 0.15) is 38.5 Å². The molecule has 0 aliphatic carbocycles. The molecule has 0 unspecified atom stereocenters. The van der Waals surface area contributed by atoms with Crippen molar-refractivity contribution in [3.8, 4) is 11.5 Å². The molecule has 0 aromatic heterocycles. The standard InChI is InChI=1S/C19H25ClO5/c1-23-16-8-10-17(11-9-16)25-19(22)13-12-18(21)24-15-7-5-3-2-4-6-14-20/h8-13H,2-7,14-15H2,1H3/b13-12+. The zero-order valence-electron chi connectivity index (χ0n) is 14.5. The Morgan fingerprint density at radius 3 is 2.08 bits per heavy atom. The molecule has 1 rings (SSSR count). The molecule has 6 heteroatoms. The molecule has 0 N–H and O–H groups in total. The number of esters is 2. The Morgan fingerprint density at radius 1 is 0.880 bits per heavy atom. The highest BCUT2D eigenvalue weighted by atomic mass is 35.5. The number of rotatable bonds is 12. The van der Waals surface area contributed by atoms with E-state index in [1.54, 1.807) is 31.4 Å². The molecule has 0 bridgehead atoms. The van der Waals surface area contributed by atoms with Crippen LogP contribution in [0.25, 0.3) is 0 Å². The predicted octanol–water partition coefficient (Wildman–Crippen LogP) is 4.28. The Kier molecular flexibility index (Phi) is 11.2. The van der Waals surface area contributed by atoms with Crippen LogP contribution in [-0.2, 0) is 14.3 Å². The second kappa shape index (κ2) is 13.3. The SMILES string of the molecule is COc1ccc(OC(=O)/C=C/C(=O)OCCCCCCCCCl)cc1. The van der Waals surface area contributed by atoms with E-state index >= 15 is 0 Å². The summed E-state index contributed by atoms with van der Waals surface area (Å²) in [5, 5.41) is 0. The number of hydrogen-bond donors (Lipinski definition) is 0. The van der Waals surface area contributed by atoms with Gasteiger partial charge >= 0.3 is 11.9 Å². The van der Waals surface area contributed by atoms with Gasteiger partial charge in [-0.15, -0.1) is 11.6 Å². The van der Waals surface area contributed by atoms with Gasteiger partial charge in [-0.1, -0.05) is 25.7 Å². The number of methoxy groups -OCH3 is 1. The lowest BCUT2D eigenvalue weighted by molar-refractivity contribution is -0.138. The fourth-order valence-electron chi connectivity index (χ4n) is 2.05. The molecular weight excluding hydrogens is 344 g/mol. The summed E-state index contributed by atoms with van der Waals surface area (Å²) in [4.78, 5) is 23.1. The highest BCUT2D eigenvalue weighted by molar-refractivity contribution is 6.17. The van der Waals surface area contributed by atoms with Crippen molar-refractivity contribution in [3.63, 3.8) is 0 Å². The summed E-state index contributed by atoms with van der Waals surface area (Å²) in [7, 11) is 1.55. The van der Waals surface area contributed by atoms with Crippen molar-refractivity contribution < 1.29 is 23.8 Å². The predicted molar refractivity (Wildman–Crippen MR) is 97.2 cm³/mol. The molecule has 0 saturated heterocycles. The first-order valence-corrected chi connectivity index (χ1v) is 8.96. The molecule has 5 nitrogen and oxygen atoms in total. The zero-order valence-corrected chi connectivity index (χ0v) is 15.3. The first-order valence-electron chi connectivity index (χ1n) is 8.42. The summed E-state index contributed by atoms with van der Waals surface area (Å²) < 4.78 is 15.1. The van der Waals surface area contributed by atoms with Gasteiger partial charge in [0.25, 0.3) is 0 Å². The van der Waals surface area contributed by atoms with Crippen LogP contribution in [0.3, 0.4) is 0 Å². The third-order valence-corrected chi connectivity index (χ3v) is 3.67. The maximum Gasteiger partial charge on any atom is 0.336 e. The lowest BCUT2D eigenvalue weighted by Crippen LogP contribution is -2.07. The number of hydrogen-bond acceptors (Lipinski definition) is 5. The summed E-state index contributed by atoms with van der Waals surface area (Å²) in [6, 6.07) is 6.57. The monoisotopic (exact) mass is 368 g/mol. The van der Waals surface area contributed by atoms with Gasteiger partial charge in [-0.25, -0.2) is 9.59 Å². The third kappa shape index (κ3) is 10.5. The summed E-state index contributed by atoms with van der Waals surface area (Å²) in [6.07, 6.45) is 8.41. The largest absolute Gasteiger partial charge is 0.497 e. The second-order valence-electron chi connectivity index (χ2n) is 5.41. The van der Waals surface area contributed by atoms with Crippen molar-refractivity contribution in [2.45, 2.75) is 38.5 Å². The van der Waals surface area contributed by atoms with Crippen molar-refractivity contribution in [1.82, 2.24) is 0 Å². The van der Waals surface area contributed by atoms with Gasteiger partial charge in [0.1, 0.15) is 11.5 Å². The average Bonchev–Trinajstić information content (AvgIpc) is 2.63. The highest BCUT2D eigenvalue weighted by Crippen LogP contribution is 2.17. The molecule has 1 aromatic rings. The van der Waals surface area contributed by atoms with Crippen LogP contribution in [0.5, 0.6) is 11.5 Å². The Morgan fingerprint density at radius 2 is 1.44 bits per heavy atom. The Bertz CT molecular complexity index is 539. The van der Waals surface area contributed by atoms with E-state index in [1.807, 2.05) is 0 Å². The maximum atomic E-state index is 11.6.